The maximum absolute atomic E-state index is 12.6. The van der Waals surface area contributed by atoms with E-state index in [2.05, 4.69) is 86.4 Å². The van der Waals surface area contributed by atoms with Crippen molar-refractivity contribution in [1.82, 2.24) is 14.9 Å². The quantitative estimate of drug-likeness (QED) is 0.208. The molecular formula is C37H43N7O4. The molecule has 0 aliphatic carbocycles. The largest absolute Gasteiger partial charge is 0.494 e. The number of hydrogen-bond acceptors (Lipinski definition) is 10. The number of benzene rings is 3. The lowest BCUT2D eigenvalue weighted by Crippen LogP contribution is -2.51. The van der Waals surface area contributed by atoms with Gasteiger partial charge in [0.05, 0.1) is 49.5 Å². The van der Waals surface area contributed by atoms with Gasteiger partial charge in [-0.15, -0.1) is 0 Å². The maximum Gasteiger partial charge on any atom is 0.247 e. The molecule has 1 amide bonds. The van der Waals surface area contributed by atoms with Crippen LogP contribution in [0.2, 0.25) is 0 Å². The summed E-state index contributed by atoms with van der Waals surface area (Å²) >= 11 is 0. The summed E-state index contributed by atoms with van der Waals surface area (Å²) in [6, 6.07) is 21.1. The zero-order valence-electron chi connectivity index (χ0n) is 27.6. The second-order valence-corrected chi connectivity index (χ2v) is 12.6. The number of nitrogens with zero attached hydrogens (tertiary/aromatic N) is 5. The minimum absolute atomic E-state index is 0.00387. The molecule has 4 aromatic rings. The fraction of sp³-hybridized carbons (Fsp3) is 0.378. The number of morpholine rings is 1. The molecule has 0 spiro atoms. The van der Waals surface area contributed by atoms with Crippen molar-refractivity contribution in [2.45, 2.75) is 44.4 Å². The van der Waals surface area contributed by atoms with Gasteiger partial charge >= 0.3 is 0 Å². The third-order valence-electron chi connectivity index (χ3n) is 9.58. The van der Waals surface area contributed by atoms with Crippen molar-refractivity contribution < 1.29 is 19.1 Å². The minimum atomic E-state index is -0.278. The van der Waals surface area contributed by atoms with Gasteiger partial charge in [-0.1, -0.05) is 49.0 Å². The first-order valence-electron chi connectivity index (χ1n) is 16.8. The SMILES string of the molecule is C=CC(=O)Nc1cc(Nc2cc(N3OCC[C@@H]3c3cccc4ccccc34)ncn2)c(OC)cc1N1CCC(N2CCO[C@@H](C)C2)CC1. The molecule has 11 nitrogen and oxygen atoms in total. The van der Waals surface area contributed by atoms with E-state index < -0.39 is 0 Å². The number of methoxy groups -OCH3 is 1. The molecule has 2 atom stereocenters. The molecule has 3 aliphatic heterocycles. The molecule has 48 heavy (non-hydrogen) atoms. The van der Waals surface area contributed by atoms with Crippen molar-refractivity contribution in [3.8, 4) is 5.75 Å². The summed E-state index contributed by atoms with van der Waals surface area (Å²) in [6.45, 7) is 10.9. The number of ether oxygens (including phenoxy) is 2. The Morgan fingerprint density at radius 1 is 1.00 bits per heavy atom. The smallest absolute Gasteiger partial charge is 0.247 e. The van der Waals surface area contributed by atoms with Crippen LogP contribution in [0.25, 0.3) is 10.8 Å². The Labute approximate surface area is 281 Å². The zero-order valence-corrected chi connectivity index (χ0v) is 27.6. The highest BCUT2D eigenvalue weighted by atomic mass is 16.7. The van der Waals surface area contributed by atoms with Gasteiger partial charge in [-0.3, -0.25) is 14.5 Å². The molecule has 0 saturated carbocycles. The van der Waals surface area contributed by atoms with E-state index >= 15 is 0 Å². The fourth-order valence-corrected chi connectivity index (χ4v) is 7.22. The van der Waals surface area contributed by atoms with Crippen LogP contribution in [0, 0.1) is 0 Å². The highest BCUT2D eigenvalue weighted by Gasteiger charge is 2.31. The van der Waals surface area contributed by atoms with Crippen LogP contribution in [0.3, 0.4) is 0 Å². The Balaban J connectivity index is 1.13. The van der Waals surface area contributed by atoms with Gasteiger partial charge < -0.3 is 25.0 Å². The molecule has 2 N–H and O–H groups in total. The Bertz CT molecular complexity index is 1770. The van der Waals surface area contributed by atoms with E-state index in [4.69, 9.17) is 14.3 Å². The van der Waals surface area contributed by atoms with Gasteiger partial charge in [0.2, 0.25) is 5.91 Å². The number of carbonyl (C=O) groups is 1. The van der Waals surface area contributed by atoms with Gasteiger partial charge in [-0.05, 0) is 48.2 Å². The molecule has 0 unspecified atom stereocenters. The predicted molar refractivity (Wildman–Crippen MR) is 189 cm³/mol. The number of fused-ring (bicyclic) bond motifs is 1. The normalized spacial score (nSPS) is 20.5. The van der Waals surface area contributed by atoms with E-state index in [0.29, 0.717) is 41.4 Å². The highest BCUT2D eigenvalue weighted by molar-refractivity contribution is 6.02. The molecule has 3 saturated heterocycles. The van der Waals surface area contributed by atoms with Gasteiger partial charge in [-0.2, -0.15) is 0 Å². The van der Waals surface area contributed by atoms with E-state index in [1.54, 1.807) is 7.11 Å². The molecule has 7 rings (SSSR count). The first-order chi connectivity index (χ1) is 23.5. The molecule has 3 fully saturated rings. The minimum Gasteiger partial charge on any atom is -0.494 e. The van der Waals surface area contributed by atoms with E-state index in [9.17, 15) is 4.79 Å². The first-order valence-corrected chi connectivity index (χ1v) is 16.8. The molecule has 0 bridgehead atoms. The topological polar surface area (TPSA) is 104 Å². The van der Waals surface area contributed by atoms with Gasteiger partial charge in [0.25, 0.3) is 0 Å². The summed E-state index contributed by atoms with van der Waals surface area (Å²) < 4.78 is 11.7. The summed E-state index contributed by atoms with van der Waals surface area (Å²) in [5, 5.41) is 10.7. The van der Waals surface area contributed by atoms with Crippen LogP contribution in [-0.4, -0.2) is 79.4 Å². The third kappa shape index (κ3) is 6.66. The number of hydroxylamine groups is 1. The number of piperidine rings is 1. The highest BCUT2D eigenvalue weighted by Crippen LogP contribution is 2.41. The standard InChI is InChI=1S/C37H43N7O4/c1-4-37(45)41-30-20-31(34(46-3)21-33(30)42-15-12-27(13-16-42)43-17-19-47-25(2)23-43)40-35-22-36(39-24-38-35)44-32(14-18-48-44)29-11-7-9-26-8-5-6-10-28(26)29/h4-11,20-22,24-25,27,32H,1,12-19,23H2,2-3H3,(H,41,45)(H,38,39,40)/t25-,32+/m0/s1. The van der Waals surface area contributed by atoms with Gasteiger partial charge in [-0.25, -0.2) is 15.0 Å². The molecule has 3 aliphatic rings. The van der Waals surface area contributed by atoms with E-state index in [-0.39, 0.29) is 18.1 Å². The van der Waals surface area contributed by atoms with E-state index in [0.717, 1.165) is 57.7 Å². The lowest BCUT2D eigenvalue weighted by Gasteiger charge is -2.42. The number of rotatable bonds is 9. The third-order valence-corrected chi connectivity index (χ3v) is 9.58. The van der Waals surface area contributed by atoms with Crippen molar-refractivity contribution in [2.75, 3.05) is 67.1 Å². The van der Waals surface area contributed by atoms with E-state index in [1.807, 2.05) is 23.3 Å². The lowest BCUT2D eigenvalue weighted by atomic mass is 9.97. The average molecular weight is 650 g/mol. The van der Waals surface area contributed by atoms with Crippen LogP contribution in [0.1, 0.15) is 37.8 Å². The zero-order chi connectivity index (χ0) is 33.0. The molecule has 250 valence electrons. The molecule has 4 heterocycles. The number of carbonyl (C=O) groups excluding carboxylic acids is 1. The van der Waals surface area contributed by atoms with Crippen LogP contribution in [-0.2, 0) is 14.4 Å². The molecule has 1 aromatic heterocycles. The van der Waals surface area contributed by atoms with Crippen molar-refractivity contribution in [3.05, 3.63) is 85.2 Å². The summed E-state index contributed by atoms with van der Waals surface area (Å²) in [4.78, 5) is 32.7. The predicted octanol–water partition coefficient (Wildman–Crippen LogP) is 6.08. The Morgan fingerprint density at radius 2 is 1.83 bits per heavy atom. The summed E-state index contributed by atoms with van der Waals surface area (Å²) in [6.07, 6.45) is 5.98. The van der Waals surface area contributed by atoms with Crippen molar-refractivity contribution >= 4 is 45.4 Å². The van der Waals surface area contributed by atoms with Crippen molar-refractivity contribution in [1.29, 1.82) is 0 Å². The van der Waals surface area contributed by atoms with Gasteiger partial charge in [0.15, 0.2) is 5.82 Å². The fourth-order valence-electron chi connectivity index (χ4n) is 7.22. The Morgan fingerprint density at radius 3 is 2.65 bits per heavy atom. The second-order valence-electron chi connectivity index (χ2n) is 12.6. The lowest BCUT2D eigenvalue weighted by molar-refractivity contribution is -0.111. The summed E-state index contributed by atoms with van der Waals surface area (Å²) in [5.74, 6) is 1.58. The van der Waals surface area contributed by atoms with E-state index in [1.165, 1.54) is 28.7 Å². The van der Waals surface area contributed by atoms with Crippen molar-refractivity contribution in [3.63, 3.8) is 0 Å². The summed E-state index contributed by atoms with van der Waals surface area (Å²) in [7, 11) is 1.65. The molecule has 11 heteroatoms. The molecular weight excluding hydrogens is 606 g/mol. The number of aromatic nitrogens is 2. The Kier molecular flexibility index (Phi) is 9.42. The number of amides is 1. The second kappa shape index (κ2) is 14.2. The Hall–Kier alpha value is -4.71. The van der Waals surface area contributed by atoms with Crippen LogP contribution in [0.15, 0.2) is 79.6 Å². The van der Waals surface area contributed by atoms with Crippen LogP contribution >= 0.6 is 0 Å². The summed E-state index contributed by atoms with van der Waals surface area (Å²) in [5.41, 5.74) is 3.44. The first kappa shape index (κ1) is 31.9. The maximum atomic E-state index is 12.6. The number of hydrogen-bond donors (Lipinski definition) is 2. The average Bonchev–Trinajstić information content (AvgIpc) is 3.62. The number of anilines is 5. The van der Waals surface area contributed by atoms with Crippen LogP contribution < -0.4 is 25.3 Å². The number of nitrogens with one attached hydrogen (secondary N) is 2. The molecule has 0 radical (unpaired) electrons. The van der Waals surface area contributed by atoms with Gasteiger partial charge in [0, 0.05) is 50.8 Å². The van der Waals surface area contributed by atoms with Gasteiger partial charge in [0.1, 0.15) is 17.9 Å². The van der Waals surface area contributed by atoms with Crippen molar-refractivity contribution in [2.24, 2.45) is 0 Å². The monoisotopic (exact) mass is 649 g/mol. The molecule has 3 aromatic carbocycles. The van der Waals surface area contributed by atoms with Crippen LogP contribution in [0.4, 0.5) is 28.7 Å². The van der Waals surface area contributed by atoms with Crippen LogP contribution in [0.5, 0.6) is 5.75 Å².